The minimum atomic E-state index is -0.268. The van der Waals surface area contributed by atoms with Crippen LogP contribution in [0.4, 0.5) is 5.69 Å². The van der Waals surface area contributed by atoms with Gasteiger partial charge in [-0.2, -0.15) is 0 Å². The number of carbonyl (C=O) groups excluding carboxylic acids is 3. The number of hydrogen-bond acceptors (Lipinski definition) is 6. The van der Waals surface area contributed by atoms with Gasteiger partial charge >= 0.3 is 0 Å². The Hall–Kier alpha value is -4.07. The summed E-state index contributed by atoms with van der Waals surface area (Å²) in [4.78, 5) is 39.4. The number of Topliss-reactive ketones (excluding diaryl/α,β-unsaturated/α-hetero) is 1. The number of benzene rings is 2. The zero-order chi connectivity index (χ0) is 25.1. The van der Waals surface area contributed by atoms with E-state index in [4.69, 9.17) is 13.9 Å². The van der Waals surface area contributed by atoms with Crippen LogP contribution in [-0.4, -0.2) is 37.4 Å². The number of nitrogens with one attached hydrogen (secondary N) is 1. The molecule has 186 valence electrons. The molecule has 1 aliphatic carbocycles. The molecule has 8 nitrogen and oxygen atoms in total. The van der Waals surface area contributed by atoms with E-state index >= 15 is 0 Å². The zero-order valence-electron chi connectivity index (χ0n) is 20.1. The van der Waals surface area contributed by atoms with Gasteiger partial charge in [0.1, 0.15) is 17.3 Å². The van der Waals surface area contributed by atoms with Crippen LogP contribution in [0.15, 0.2) is 59.0 Å². The summed E-state index contributed by atoms with van der Waals surface area (Å²) in [5.41, 5.74) is 2.01. The molecule has 3 aromatic rings. The highest BCUT2D eigenvalue weighted by Gasteiger charge is 2.28. The zero-order valence-corrected chi connectivity index (χ0v) is 20.1. The molecule has 0 bridgehead atoms. The summed E-state index contributed by atoms with van der Waals surface area (Å²) in [6, 6.07) is 15.9. The molecule has 5 rings (SSSR count). The van der Waals surface area contributed by atoms with Crippen LogP contribution < -0.4 is 19.7 Å². The summed E-state index contributed by atoms with van der Waals surface area (Å²) in [5, 5.41) is 2.87. The second-order valence-corrected chi connectivity index (χ2v) is 9.08. The molecule has 1 fully saturated rings. The summed E-state index contributed by atoms with van der Waals surface area (Å²) >= 11 is 0. The van der Waals surface area contributed by atoms with Gasteiger partial charge in [-0.1, -0.05) is 19.1 Å². The van der Waals surface area contributed by atoms with Gasteiger partial charge in [-0.3, -0.25) is 19.3 Å². The highest BCUT2D eigenvalue weighted by molar-refractivity contribution is 6.02. The van der Waals surface area contributed by atoms with E-state index in [1.54, 1.807) is 30.3 Å². The number of furan rings is 1. The number of carbonyl (C=O) groups is 3. The average molecular weight is 489 g/mol. The predicted octanol–water partition coefficient (Wildman–Crippen LogP) is 4.17. The molecule has 2 amide bonds. The Labute approximate surface area is 209 Å². The molecule has 2 heterocycles. The molecule has 1 N–H and O–H groups in total. The van der Waals surface area contributed by atoms with Gasteiger partial charge in [-0.25, -0.2) is 0 Å². The van der Waals surface area contributed by atoms with Crippen LogP contribution in [0.25, 0.3) is 0 Å². The van der Waals surface area contributed by atoms with Crippen molar-refractivity contribution in [3.05, 3.63) is 77.2 Å². The fourth-order valence-electron chi connectivity index (χ4n) is 4.02. The van der Waals surface area contributed by atoms with Crippen LogP contribution >= 0.6 is 0 Å². The number of anilines is 1. The molecule has 1 aromatic heterocycles. The third kappa shape index (κ3) is 5.43. The van der Waals surface area contributed by atoms with Crippen molar-refractivity contribution in [1.82, 2.24) is 5.32 Å². The first-order valence-electron chi connectivity index (χ1n) is 12.2. The van der Waals surface area contributed by atoms with Gasteiger partial charge in [0.05, 0.1) is 12.2 Å². The largest absolute Gasteiger partial charge is 0.485 e. The highest BCUT2D eigenvalue weighted by Crippen LogP contribution is 2.34. The van der Waals surface area contributed by atoms with E-state index in [-0.39, 0.29) is 43.1 Å². The van der Waals surface area contributed by atoms with E-state index in [9.17, 15) is 14.4 Å². The van der Waals surface area contributed by atoms with Gasteiger partial charge in [-0.05, 0) is 73.2 Å². The number of ether oxygens (including phenoxy) is 2. The van der Waals surface area contributed by atoms with Crippen molar-refractivity contribution in [1.29, 1.82) is 0 Å². The monoisotopic (exact) mass is 488 g/mol. The second kappa shape index (κ2) is 10.3. The maximum Gasteiger partial charge on any atom is 0.287 e. The molecule has 0 saturated heterocycles. The first-order chi connectivity index (χ1) is 17.5. The fourth-order valence-corrected chi connectivity index (χ4v) is 4.02. The fraction of sp³-hybridized carbons (Fsp3) is 0.321. The standard InChI is InChI=1S/C28H28N2O6/c1-2-18-4-3-5-21(12-18)34-16-24(31)20-8-10-25-23(13-20)30(27(32)17-35-25)15-22-9-11-26(36-22)28(33)29-14-19-6-7-19/h3-5,8-13,19H,2,6-7,14-17H2,1H3,(H,29,33). The molecule has 36 heavy (non-hydrogen) atoms. The van der Waals surface area contributed by atoms with Gasteiger partial charge in [0.25, 0.3) is 11.8 Å². The van der Waals surface area contributed by atoms with Gasteiger partial charge < -0.3 is 19.2 Å². The van der Waals surface area contributed by atoms with Gasteiger partial charge in [0.2, 0.25) is 0 Å². The van der Waals surface area contributed by atoms with Crippen LogP contribution in [0, 0.1) is 5.92 Å². The van der Waals surface area contributed by atoms with Crippen molar-refractivity contribution in [2.45, 2.75) is 32.7 Å². The van der Waals surface area contributed by atoms with Gasteiger partial charge in [0, 0.05) is 12.1 Å². The lowest BCUT2D eigenvalue weighted by atomic mass is 10.1. The molecule has 0 unspecified atom stereocenters. The van der Waals surface area contributed by atoms with Crippen LogP contribution in [-0.2, 0) is 17.8 Å². The number of nitrogens with zero attached hydrogens (tertiary/aromatic N) is 1. The van der Waals surface area contributed by atoms with Crippen molar-refractivity contribution in [3.63, 3.8) is 0 Å². The molecular formula is C28H28N2O6. The van der Waals surface area contributed by atoms with Crippen molar-refractivity contribution < 1.29 is 28.3 Å². The maximum absolute atomic E-state index is 12.9. The number of rotatable bonds is 10. The Bertz CT molecular complexity index is 1290. The number of amides is 2. The smallest absolute Gasteiger partial charge is 0.287 e. The Kier molecular flexibility index (Phi) is 6.75. The molecule has 0 radical (unpaired) electrons. The molecule has 2 aliphatic rings. The Morgan fingerprint density at radius 2 is 1.97 bits per heavy atom. The summed E-state index contributed by atoms with van der Waals surface area (Å²) in [6.07, 6.45) is 3.16. The van der Waals surface area contributed by atoms with Crippen molar-refractivity contribution in [3.8, 4) is 11.5 Å². The van der Waals surface area contributed by atoms with Crippen LogP contribution in [0.3, 0.4) is 0 Å². The third-order valence-corrected chi connectivity index (χ3v) is 6.35. The Balaban J connectivity index is 1.28. The lowest BCUT2D eigenvalue weighted by molar-refractivity contribution is -0.121. The molecule has 2 aromatic carbocycles. The SMILES string of the molecule is CCc1cccc(OCC(=O)c2ccc3c(c2)N(Cc2ccc(C(=O)NCC4CC4)o2)C(=O)CO3)c1. The Morgan fingerprint density at radius 3 is 2.78 bits per heavy atom. The van der Waals surface area contributed by atoms with E-state index in [2.05, 4.69) is 12.2 Å². The molecule has 8 heteroatoms. The lowest BCUT2D eigenvalue weighted by Crippen LogP contribution is -2.38. The third-order valence-electron chi connectivity index (χ3n) is 6.35. The topological polar surface area (TPSA) is 98.1 Å². The molecule has 0 atom stereocenters. The molecule has 1 aliphatic heterocycles. The van der Waals surface area contributed by atoms with Crippen LogP contribution in [0.1, 0.15) is 52.0 Å². The van der Waals surface area contributed by atoms with E-state index in [0.717, 1.165) is 24.8 Å². The van der Waals surface area contributed by atoms with Crippen molar-refractivity contribution in [2.75, 3.05) is 24.7 Å². The minimum Gasteiger partial charge on any atom is -0.485 e. The maximum atomic E-state index is 12.9. The predicted molar refractivity (Wildman–Crippen MR) is 133 cm³/mol. The quantitative estimate of drug-likeness (QED) is 0.430. The normalized spacial score (nSPS) is 14.7. The first-order valence-corrected chi connectivity index (χ1v) is 12.2. The van der Waals surface area contributed by atoms with E-state index in [1.807, 2.05) is 24.3 Å². The summed E-state index contributed by atoms with van der Waals surface area (Å²) < 4.78 is 17.0. The number of fused-ring (bicyclic) bond motifs is 1. The van der Waals surface area contributed by atoms with Crippen LogP contribution in [0.5, 0.6) is 11.5 Å². The average Bonchev–Trinajstić information content (AvgIpc) is 3.62. The van der Waals surface area contributed by atoms with E-state index in [0.29, 0.717) is 41.0 Å². The number of aryl methyl sites for hydroxylation is 1. The van der Waals surface area contributed by atoms with Gasteiger partial charge in [-0.15, -0.1) is 0 Å². The summed E-state index contributed by atoms with van der Waals surface area (Å²) in [5.74, 6) is 1.62. The Morgan fingerprint density at radius 1 is 1.11 bits per heavy atom. The summed E-state index contributed by atoms with van der Waals surface area (Å²) in [7, 11) is 0. The molecule has 1 saturated carbocycles. The minimum absolute atomic E-state index is 0.114. The second-order valence-electron chi connectivity index (χ2n) is 9.08. The number of hydrogen-bond donors (Lipinski definition) is 1. The van der Waals surface area contributed by atoms with Crippen LogP contribution in [0.2, 0.25) is 0 Å². The van der Waals surface area contributed by atoms with E-state index in [1.165, 1.54) is 4.90 Å². The summed E-state index contributed by atoms with van der Waals surface area (Å²) in [6.45, 7) is 2.57. The first kappa shape index (κ1) is 23.7. The highest BCUT2D eigenvalue weighted by atomic mass is 16.5. The van der Waals surface area contributed by atoms with Crippen molar-refractivity contribution >= 4 is 23.3 Å². The van der Waals surface area contributed by atoms with E-state index < -0.39 is 0 Å². The van der Waals surface area contributed by atoms with Crippen molar-refractivity contribution in [2.24, 2.45) is 5.92 Å². The van der Waals surface area contributed by atoms with Gasteiger partial charge in [0.15, 0.2) is 24.8 Å². The molecule has 0 spiro atoms. The number of ketones is 1. The molecular weight excluding hydrogens is 460 g/mol. The lowest BCUT2D eigenvalue weighted by Gasteiger charge is -2.29.